The molecule has 31 heavy (non-hydrogen) atoms. The summed E-state index contributed by atoms with van der Waals surface area (Å²) in [6, 6.07) is 18.0. The van der Waals surface area contributed by atoms with Gasteiger partial charge in [0.25, 0.3) is 0 Å². The number of carbonyl (C=O) groups is 1. The van der Waals surface area contributed by atoms with Crippen LogP contribution in [0.4, 0.5) is 5.95 Å². The van der Waals surface area contributed by atoms with Gasteiger partial charge >= 0.3 is 0 Å². The van der Waals surface area contributed by atoms with Gasteiger partial charge in [-0.25, -0.2) is 9.97 Å². The highest BCUT2D eigenvalue weighted by molar-refractivity contribution is 8.00. The molecule has 1 N–H and O–H groups in total. The molecule has 0 fully saturated rings. The van der Waals surface area contributed by atoms with E-state index in [0.717, 1.165) is 17.1 Å². The lowest BCUT2D eigenvalue weighted by atomic mass is 10.1. The van der Waals surface area contributed by atoms with E-state index in [-0.39, 0.29) is 11.9 Å². The van der Waals surface area contributed by atoms with Crippen LogP contribution in [0.15, 0.2) is 72.1 Å². The predicted molar refractivity (Wildman–Crippen MR) is 122 cm³/mol. The average Bonchev–Trinajstić information content (AvgIpc) is 3.19. The Bertz CT molecular complexity index is 1170. The summed E-state index contributed by atoms with van der Waals surface area (Å²) < 4.78 is 1.98. The highest BCUT2D eigenvalue weighted by atomic mass is 32.2. The molecule has 0 radical (unpaired) electrons. The van der Waals surface area contributed by atoms with Crippen LogP contribution in [0.1, 0.15) is 18.1 Å². The highest BCUT2D eigenvalue weighted by Gasteiger charge is 2.22. The number of aromatic nitrogens is 5. The number of aryl methyl sites for hydroxylation is 2. The zero-order valence-corrected chi connectivity index (χ0v) is 18.3. The Balaban J connectivity index is 1.66. The topological polar surface area (TPSA) is 85.6 Å². The van der Waals surface area contributed by atoms with Gasteiger partial charge in [0.05, 0.1) is 5.25 Å². The molecule has 4 rings (SSSR count). The Morgan fingerprint density at radius 3 is 2.19 bits per heavy atom. The van der Waals surface area contributed by atoms with E-state index in [0.29, 0.717) is 5.16 Å². The van der Waals surface area contributed by atoms with Crippen molar-refractivity contribution in [2.75, 3.05) is 5.32 Å². The fourth-order valence-electron chi connectivity index (χ4n) is 2.95. The van der Waals surface area contributed by atoms with Crippen molar-refractivity contribution in [2.45, 2.75) is 31.2 Å². The number of nitrogens with zero attached hydrogens (tertiary/aromatic N) is 5. The van der Waals surface area contributed by atoms with Crippen LogP contribution in [0.3, 0.4) is 0 Å². The third-order valence-electron chi connectivity index (χ3n) is 4.69. The van der Waals surface area contributed by atoms with Gasteiger partial charge in [-0.05, 0) is 39.0 Å². The molecular formula is C23H22N6OS. The van der Waals surface area contributed by atoms with Gasteiger partial charge in [-0.15, -0.1) is 10.2 Å². The van der Waals surface area contributed by atoms with E-state index in [2.05, 4.69) is 25.5 Å². The molecule has 0 spiro atoms. The Labute approximate surface area is 185 Å². The van der Waals surface area contributed by atoms with Crippen LogP contribution in [0.2, 0.25) is 0 Å². The van der Waals surface area contributed by atoms with E-state index < -0.39 is 5.25 Å². The van der Waals surface area contributed by atoms with Crippen molar-refractivity contribution in [3.05, 3.63) is 78.1 Å². The molecule has 2 aromatic heterocycles. The van der Waals surface area contributed by atoms with Crippen molar-refractivity contribution in [3.63, 3.8) is 0 Å². The molecule has 156 valence electrons. The van der Waals surface area contributed by atoms with E-state index in [1.54, 1.807) is 18.5 Å². The maximum Gasteiger partial charge on any atom is 0.240 e. The standard InChI is InChI=1S/C23H22N6OS/c1-15-5-9-18(10-6-15)20-27-28-23(29(20)19-11-7-16(2)8-12-19)31-17(3)21(30)26-22-24-13-4-14-25-22/h4-14,17H,1-3H3,(H,24,25,26,30). The van der Waals surface area contributed by atoms with Gasteiger partial charge in [-0.1, -0.05) is 59.3 Å². The maximum absolute atomic E-state index is 12.7. The quantitative estimate of drug-likeness (QED) is 0.455. The molecule has 1 unspecified atom stereocenters. The van der Waals surface area contributed by atoms with Gasteiger partial charge in [0.1, 0.15) is 0 Å². The van der Waals surface area contributed by atoms with Crippen molar-refractivity contribution >= 4 is 23.6 Å². The van der Waals surface area contributed by atoms with Gasteiger partial charge in [-0.3, -0.25) is 14.7 Å². The third kappa shape index (κ3) is 4.80. The number of hydrogen-bond donors (Lipinski definition) is 1. The van der Waals surface area contributed by atoms with Gasteiger partial charge in [-0.2, -0.15) is 0 Å². The number of hydrogen-bond acceptors (Lipinski definition) is 6. The highest BCUT2D eigenvalue weighted by Crippen LogP contribution is 2.30. The molecule has 0 aliphatic heterocycles. The molecule has 7 nitrogen and oxygen atoms in total. The number of carbonyl (C=O) groups excluding carboxylic acids is 1. The summed E-state index contributed by atoms with van der Waals surface area (Å²) in [5.74, 6) is 0.803. The largest absolute Gasteiger partial charge is 0.294 e. The molecule has 2 heterocycles. The van der Waals surface area contributed by atoms with Crippen molar-refractivity contribution in [1.29, 1.82) is 0 Å². The molecule has 1 atom stereocenters. The predicted octanol–water partition coefficient (Wildman–Crippen LogP) is 4.46. The summed E-state index contributed by atoms with van der Waals surface area (Å²) in [6.45, 7) is 5.92. The minimum atomic E-state index is -0.428. The Morgan fingerprint density at radius 2 is 1.55 bits per heavy atom. The van der Waals surface area contributed by atoms with E-state index >= 15 is 0 Å². The second-order valence-corrected chi connectivity index (χ2v) is 8.47. The number of rotatable bonds is 6. The zero-order chi connectivity index (χ0) is 21.8. The van der Waals surface area contributed by atoms with Gasteiger partial charge in [0.2, 0.25) is 11.9 Å². The van der Waals surface area contributed by atoms with E-state index in [1.165, 1.54) is 22.9 Å². The first-order valence-corrected chi connectivity index (χ1v) is 10.7. The van der Waals surface area contributed by atoms with Crippen LogP contribution < -0.4 is 5.32 Å². The molecule has 8 heteroatoms. The third-order valence-corrected chi connectivity index (χ3v) is 5.73. The lowest BCUT2D eigenvalue weighted by Crippen LogP contribution is -2.24. The smallest absolute Gasteiger partial charge is 0.240 e. The maximum atomic E-state index is 12.7. The average molecular weight is 431 g/mol. The Morgan fingerprint density at radius 1 is 0.935 bits per heavy atom. The molecule has 0 saturated carbocycles. The molecule has 0 saturated heterocycles. The summed E-state index contributed by atoms with van der Waals surface area (Å²) in [5.41, 5.74) is 4.24. The normalized spacial score (nSPS) is 11.8. The number of amides is 1. The molecule has 1 amide bonds. The lowest BCUT2D eigenvalue weighted by Gasteiger charge is -2.14. The molecular weight excluding hydrogens is 408 g/mol. The summed E-state index contributed by atoms with van der Waals surface area (Å²) in [4.78, 5) is 20.7. The van der Waals surface area contributed by atoms with Crippen LogP contribution in [0, 0.1) is 13.8 Å². The molecule has 0 aliphatic rings. The van der Waals surface area contributed by atoms with Crippen molar-refractivity contribution in [3.8, 4) is 17.1 Å². The fourth-order valence-corrected chi connectivity index (χ4v) is 3.82. The molecule has 4 aromatic rings. The van der Waals surface area contributed by atoms with Crippen molar-refractivity contribution in [2.24, 2.45) is 0 Å². The number of benzene rings is 2. The molecule has 0 aliphatic carbocycles. The van der Waals surface area contributed by atoms with Crippen LogP contribution in [-0.2, 0) is 4.79 Å². The van der Waals surface area contributed by atoms with Crippen LogP contribution >= 0.6 is 11.8 Å². The monoisotopic (exact) mass is 430 g/mol. The molecule has 0 bridgehead atoms. The van der Waals surface area contributed by atoms with Crippen molar-refractivity contribution in [1.82, 2.24) is 24.7 Å². The summed E-state index contributed by atoms with van der Waals surface area (Å²) >= 11 is 1.34. The second kappa shape index (κ2) is 9.09. The summed E-state index contributed by atoms with van der Waals surface area (Å²) in [5, 5.41) is 11.8. The second-order valence-electron chi connectivity index (χ2n) is 7.16. The number of nitrogens with one attached hydrogen (secondary N) is 1. The fraction of sp³-hybridized carbons (Fsp3) is 0.174. The van der Waals surface area contributed by atoms with E-state index in [4.69, 9.17) is 0 Å². The van der Waals surface area contributed by atoms with E-state index in [9.17, 15) is 4.79 Å². The van der Waals surface area contributed by atoms with Crippen LogP contribution in [-0.4, -0.2) is 35.9 Å². The van der Waals surface area contributed by atoms with Crippen LogP contribution in [0.25, 0.3) is 17.1 Å². The minimum Gasteiger partial charge on any atom is -0.294 e. The van der Waals surface area contributed by atoms with Crippen molar-refractivity contribution < 1.29 is 4.79 Å². The summed E-state index contributed by atoms with van der Waals surface area (Å²) in [7, 11) is 0. The lowest BCUT2D eigenvalue weighted by molar-refractivity contribution is -0.115. The van der Waals surface area contributed by atoms with Gasteiger partial charge in [0.15, 0.2) is 11.0 Å². The van der Waals surface area contributed by atoms with E-state index in [1.807, 2.05) is 73.9 Å². The van der Waals surface area contributed by atoms with Gasteiger partial charge < -0.3 is 0 Å². The Hall–Kier alpha value is -3.52. The Kier molecular flexibility index (Phi) is 6.08. The zero-order valence-electron chi connectivity index (χ0n) is 17.5. The first-order chi connectivity index (χ1) is 15.0. The number of thioether (sulfide) groups is 1. The van der Waals surface area contributed by atoms with Gasteiger partial charge in [0, 0.05) is 23.6 Å². The SMILES string of the molecule is Cc1ccc(-c2nnc(SC(C)C(=O)Nc3ncccn3)n2-c2ccc(C)cc2)cc1. The first-order valence-electron chi connectivity index (χ1n) is 9.85. The first kappa shape index (κ1) is 20.7. The number of anilines is 1. The summed E-state index contributed by atoms with van der Waals surface area (Å²) in [6.07, 6.45) is 3.17. The minimum absolute atomic E-state index is 0.202. The molecule has 2 aromatic carbocycles. The van der Waals surface area contributed by atoms with Crippen LogP contribution in [0.5, 0.6) is 0 Å².